The van der Waals surface area contributed by atoms with Gasteiger partial charge in [0.15, 0.2) is 0 Å². The lowest BCUT2D eigenvalue weighted by molar-refractivity contribution is 0.0799. The van der Waals surface area contributed by atoms with E-state index in [1.807, 2.05) is 0 Å². The molecule has 0 aliphatic heterocycles. The molecule has 1 aromatic heterocycles. The number of fused-ring (bicyclic) bond motifs is 3. The van der Waals surface area contributed by atoms with Crippen LogP contribution in [-0.4, -0.2) is 12.2 Å². The molecule has 1 heterocycles. The second kappa shape index (κ2) is 22.1. The molecule has 8 heteroatoms. The summed E-state index contributed by atoms with van der Waals surface area (Å²) in [5.74, 6) is 1.59. The zero-order chi connectivity index (χ0) is 58.3. The van der Waals surface area contributed by atoms with E-state index in [4.69, 9.17) is 26.5 Å². The Morgan fingerprint density at radius 2 is 0.705 bits per heavy atom. The van der Waals surface area contributed by atoms with E-state index in [0.717, 1.165) is 129 Å². The van der Waals surface area contributed by atoms with Crippen molar-refractivity contribution in [1.29, 1.82) is 0 Å². The average Bonchev–Trinajstić information content (AvgIpc) is 3.46. The molecule has 7 rings (SSSR count). The normalized spacial score (nSPS) is 16.4. The minimum absolute atomic E-state index is 0.0929. The Labute approximate surface area is 477 Å². The summed E-state index contributed by atoms with van der Waals surface area (Å²) in [7, 11) is -3.98. The molecule has 0 unspecified atom stereocenters. The Hall–Kier alpha value is -3.27. The SMILES string of the molecule is Cc1c(C(C)(C)C)cc(C(C)(C)C)c(OP(OC2CCCCC2)OC2CCCCC2)c1-c1c(C)c(C(C)(C)C)cc(C(C)(C)C)c1Op1oc2c(C(C)(C)C)cc(C(C)(C)C)cc2c2cc(C(C)(C)C)cc(C(C)(C)C)c2o1. The maximum atomic E-state index is 7.99. The number of hydrogen-bond donors (Lipinski definition) is 0. The van der Waals surface area contributed by atoms with Crippen LogP contribution in [0.15, 0.2) is 44.8 Å². The summed E-state index contributed by atoms with van der Waals surface area (Å²) < 4.78 is 45.5. The number of hydrogen-bond acceptors (Lipinski definition) is 6. The van der Waals surface area contributed by atoms with Gasteiger partial charge >= 0.3 is 16.8 Å². The van der Waals surface area contributed by atoms with Crippen LogP contribution in [0, 0.1) is 13.8 Å². The average molecular weight is 1110 g/mol. The minimum atomic E-state index is -2.18. The van der Waals surface area contributed by atoms with Crippen molar-refractivity contribution in [2.75, 3.05) is 0 Å². The van der Waals surface area contributed by atoms with E-state index >= 15 is 0 Å². The smallest absolute Gasteiger partial charge is 0.426 e. The van der Waals surface area contributed by atoms with Crippen LogP contribution in [0.5, 0.6) is 11.5 Å². The van der Waals surface area contributed by atoms with Gasteiger partial charge in [0.2, 0.25) is 0 Å². The first-order valence-electron chi connectivity index (χ1n) is 30.0. The molecule has 2 aliphatic carbocycles. The highest BCUT2D eigenvalue weighted by molar-refractivity contribution is 7.42. The zero-order valence-electron chi connectivity index (χ0n) is 54.0. The molecule has 5 aromatic rings. The molecule has 4 aromatic carbocycles. The molecule has 432 valence electrons. The molecule has 0 bridgehead atoms. The molecule has 0 radical (unpaired) electrons. The molecule has 2 aliphatic rings. The van der Waals surface area contributed by atoms with E-state index < -0.39 is 16.8 Å². The number of rotatable bonds is 9. The van der Waals surface area contributed by atoms with E-state index in [9.17, 15) is 0 Å². The third-order valence-electron chi connectivity index (χ3n) is 16.6. The Bertz CT molecular complexity index is 2900. The van der Waals surface area contributed by atoms with Crippen molar-refractivity contribution in [1.82, 2.24) is 0 Å². The van der Waals surface area contributed by atoms with Crippen molar-refractivity contribution >= 4 is 38.8 Å². The molecule has 6 nitrogen and oxygen atoms in total. The second-order valence-electron chi connectivity index (χ2n) is 31.9. The van der Waals surface area contributed by atoms with Crippen molar-refractivity contribution < 1.29 is 26.5 Å². The largest absolute Gasteiger partial charge is 0.453 e. The summed E-state index contributed by atoms with van der Waals surface area (Å²) >= 11 is 0. The van der Waals surface area contributed by atoms with Gasteiger partial charge in [-0.25, -0.2) is 0 Å². The van der Waals surface area contributed by atoms with Crippen LogP contribution in [0.1, 0.15) is 286 Å². The maximum absolute atomic E-state index is 7.99. The standard InChI is InChI=1S/C70H106O6P2/c1-43-51(65(9,10)11)41-55(69(21,22)23)61(75-77(71-47-33-29-27-30-34-47)72-48-35-31-28-32-36-48)57(43)58-44(2)52(66(12,13)14)42-56(70(24,25)26)62(58)76-78-73-59-49(37-45(63(3,4)5)39-53(59)67(15,16)17)50-38-46(64(6,7)8)40-54(60(50)74-78)68(18,19)20/h37-42,47-48H,27-36H2,1-26H3. The van der Waals surface area contributed by atoms with E-state index in [1.165, 1.54) is 35.1 Å². The summed E-state index contributed by atoms with van der Waals surface area (Å²) in [4.78, 5) is 0. The highest BCUT2D eigenvalue weighted by atomic mass is 31.2. The third kappa shape index (κ3) is 13.8. The van der Waals surface area contributed by atoms with Gasteiger partial charge in [-0.3, -0.25) is 9.05 Å². The first-order chi connectivity index (χ1) is 35.6. The predicted molar refractivity (Wildman–Crippen MR) is 337 cm³/mol. The molecular formula is C70H106O6P2. The summed E-state index contributed by atoms with van der Waals surface area (Å²) in [5.41, 5.74) is 13.6. The number of benzene rings is 4. The van der Waals surface area contributed by atoms with Crippen LogP contribution in [0.4, 0.5) is 0 Å². The monoisotopic (exact) mass is 1100 g/mol. The molecule has 0 amide bonds. The Morgan fingerprint density at radius 3 is 1.03 bits per heavy atom. The maximum Gasteiger partial charge on any atom is 0.453 e. The lowest BCUT2D eigenvalue weighted by Crippen LogP contribution is -2.23. The van der Waals surface area contributed by atoms with Gasteiger partial charge in [-0.2, -0.15) is 0 Å². The molecule has 0 atom stereocenters. The van der Waals surface area contributed by atoms with E-state index in [1.54, 1.807) is 0 Å². The van der Waals surface area contributed by atoms with Gasteiger partial charge in [0.25, 0.3) is 0 Å². The van der Waals surface area contributed by atoms with Gasteiger partial charge in [-0.15, -0.1) is 0 Å². The first kappa shape index (κ1) is 62.3. The van der Waals surface area contributed by atoms with Crippen molar-refractivity contribution in [2.45, 2.75) is 300 Å². The molecule has 78 heavy (non-hydrogen) atoms. The van der Waals surface area contributed by atoms with Crippen molar-refractivity contribution in [3.05, 3.63) is 92.0 Å². The van der Waals surface area contributed by atoms with Crippen LogP contribution in [0.25, 0.3) is 33.1 Å². The van der Waals surface area contributed by atoms with Crippen molar-refractivity contribution in [3.8, 4) is 22.6 Å². The molecule has 2 fully saturated rings. The molecule has 2 saturated carbocycles. The molecule has 0 saturated heterocycles. The Balaban J connectivity index is 1.71. The molecule has 0 spiro atoms. The molecule has 0 N–H and O–H groups in total. The fourth-order valence-corrected chi connectivity index (χ4v) is 14.3. The zero-order valence-corrected chi connectivity index (χ0v) is 55.8. The van der Waals surface area contributed by atoms with Crippen LogP contribution < -0.4 is 9.05 Å². The van der Waals surface area contributed by atoms with Crippen LogP contribution in [0.3, 0.4) is 0 Å². The second-order valence-corrected chi connectivity index (χ2v) is 34.0. The minimum Gasteiger partial charge on any atom is -0.426 e. The van der Waals surface area contributed by atoms with Crippen molar-refractivity contribution in [3.63, 3.8) is 0 Å². The Morgan fingerprint density at radius 1 is 0.385 bits per heavy atom. The lowest BCUT2D eigenvalue weighted by atomic mass is 9.72. The predicted octanol–water partition coefficient (Wildman–Crippen LogP) is 23.1. The van der Waals surface area contributed by atoms with Gasteiger partial charge in [-0.05, 0) is 128 Å². The fraction of sp³-hybridized carbons (Fsp3) is 0.657. The third-order valence-corrected chi connectivity index (χ3v) is 18.9. The van der Waals surface area contributed by atoms with Gasteiger partial charge in [-0.1, -0.05) is 229 Å². The van der Waals surface area contributed by atoms with E-state index in [0.29, 0.717) is 0 Å². The lowest BCUT2D eigenvalue weighted by Gasteiger charge is -2.36. The van der Waals surface area contributed by atoms with Crippen LogP contribution in [-0.2, 0) is 52.4 Å². The van der Waals surface area contributed by atoms with E-state index in [2.05, 4.69) is 216 Å². The van der Waals surface area contributed by atoms with Crippen molar-refractivity contribution in [2.24, 2.45) is 0 Å². The highest BCUT2D eigenvalue weighted by Crippen LogP contribution is 2.59. The van der Waals surface area contributed by atoms with Crippen LogP contribution in [0.2, 0.25) is 0 Å². The topological polar surface area (TPSA) is 63.2 Å². The fourth-order valence-electron chi connectivity index (χ4n) is 11.8. The van der Waals surface area contributed by atoms with Gasteiger partial charge in [0, 0.05) is 44.2 Å². The summed E-state index contributed by atoms with van der Waals surface area (Å²) in [6.45, 7) is 60.3. The summed E-state index contributed by atoms with van der Waals surface area (Å²) in [6.07, 6.45) is 11.4. The van der Waals surface area contributed by atoms with Gasteiger partial charge in [0.05, 0.1) is 12.2 Å². The van der Waals surface area contributed by atoms with E-state index in [-0.39, 0.29) is 55.5 Å². The Kier molecular flexibility index (Phi) is 17.7. The first-order valence-corrected chi connectivity index (χ1v) is 32.2. The van der Waals surface area contributed by atoms with Crippen LogP contribution >= 0.6 is 16.8 Å². The highest BCUT2D eigenvalue weighted by Gasteiger charge is 2.39. The molecular weight excluding hydrogens is 999 g/mol. The summed E-state index contributed by atoms with van der Waals surface area (Å²) in [6, 6.07) is 14.4. The van der Waals surface area contributed by atoms with Gasteiger partial charge < -0.3 is 17.4 Å². The summed E-state index contributed by atoms with van der Waals surface area (Å²) in [5, 5.41) is 2.10. The van der Waals surface area contributed by atoms with Gasteiger partial charge in [0.1, 0.15) is 22.7 Å². The quantitative estimate of drug-likeness (QED) is 0.137.